The molecule has 1 heterocycles. The number of carbonyl (C=O) groups is 1. The Hall–Kier alpha value is -0.730. The summed E-state index contributed by atoms with van der Waals surface area (Å²) in [5.41, 5.74) is 0. The van der Waals surface area contributed by atoms with Crippen LogP contribution in [0.4, 0.5) is 4.79 Å². The van der Waals surface area contributed by atoms with Crippen molar-refractivity contribution in [2.45, 2.75) is 52.5 Å². The van der Waals surface area contributed by atoms with Crippen LogP contribution in [0.1, 0.15) is 46.5 Å². The molecule has 3 nitrogen and oxygen atoms in total. The van der Waals surface area contributed by atoms with Gasteiger partial charge in [0, 0.05) is 25.7 Å². The quantitative estimate of drug-likeness (QED) is 0.741. The lowest BCUT2D eigenvalue weighted by Gasteiger charge is -2.36. The third-order valence-corrected chi connectivity index (χ3v) is 3.72. The van der Waals surface area contributed by atoms with Crippen molar-refractivity contribution in [3.63, 3.8) is 0 Å². The molecule has 0 N–H and O–H groups in total. The van der Waals surface area contributed by atoms with E-state index in [4.69, 9.17) is 0 Å². The summed E-state index contributed by atoms with van der Waals surface area (Å²) >= 11 is 0. The molecule has 17 heavy (non-hydrogen) atoms. The van der Waals surface area contributed by atoms with Gasteiger partial charge in [-0.05, 0) is 37.5 Å². The van der Waals surface area contributed by atoms with E-state index in [1.54, 1.807) is 0 Å². The molecule has 0 spiro atoms. The summed E-state index contributed by atoms with van der Waals surface area (Å²) < 4.78 is 0. The summed E-state index contributed by atoms with van der Waals surface area (Å²) in [6.45, 7) is 9.49. The van der Waals surface area contributed by atoms with Gasteiger partial charge < -0.3 is 9.80 Å². The van der Waals surface area contributed by atoms with E-state index in [0.29, 0.717) is 23.9 Å². The first-order chi connectivity index (χ1) is 8.08. The van der Waals surface area contributed by atoms with Crippen LogP contribution in [0.5, 0.6) is 0 Å². The van der Waals surface area contributed by atoms with Crippen molar-refractivity contribution in [2.24, 2.45) is 11.8 Å². The van der Waals surface area contributed by atoms with Gasteiger partial charge in [-0.1, -0.05) is 20.8 Å². The minimum atomic E-state index is 0.299. The van der Waals surface area contributed by atoms with Crippen LogP contribution in [0, 0.1) is 11.8 Å². The summed E-state index contributed by atoms with van der Waals surface area (Å²) in [5, 5.41) is 0. The van der Waals surface area contributed by atoms with Crippen LogP contribution < -0.4 is 0 Å². The van der Waals surface area contributed by atoms with Crippen molar-refractivity contribution in [1.29, 1.82) is 0 Å². The van der Waals surface area contributed by atoms with Gasteiger partial charge in [0.2, 0.25) is 0 Å². The zero-order valence-electron chi connectivity index (χ0n) is 11.5. The number of hydrogen-bond acceptors (Lipinski definition) is 1. The molecule has 1 saturated heterocycles. The fraction of sp³-hybridized carbons (Fsp3) is 0.929. The second-order valence-corrected chi connectivity index (χ2v) is 6.25. The molecule has 1 atom stereocenters. The zero-order valence-corrected chi connectivity index (χ0v) is 11.5. The molecule has 0 aromatic carbocycles. The molecule has 2 aliphatic rings. The highest BCUT2D eigenvalue weighted by Gasteiger charge is 2.35. The van der Waals surface area contributed by atoms with Gasteiger partial charge in [-0.15, -0.1) is 0 Å². The molecule has 1 aliphatic heterocycles. The van der Waals surface area contributed by atoms with Crippen LogP contribution in [-0.2, 0) is 0 Å². The molecular weight excluding hydrogens is 212 g/mol. The Morgan fingerprint density at radius 3 is 2.59 bits per heavy atom. The molecular formula is C14H26N2O. The topological polar surface area (TPSA) is 23.6 Å². The Kier molecular flexibility index (Phi) is 3.95. The smallest absolute Gasteiger partial charge is 0.320 e. The number of rotatable bonds is 3. The fourth-order valence-electron chi connectivity index (χ4n) is 2.71. The van der Waals surface area contributed by atoms with E-state index in [1.165, 1.54) is 25.7 Å². The molecule has 2 amide bonds. The molecule has 2 rings (SSSR count). The molecule has 3 heteroatoms. The predicted octanol–water partition coefficient (Wildman–Crippen LogP) is 2.96. The maximum Gasteiger partial charge on any atom is 0.320 e. The van der Waals surface area contributed by atoms with Gasteiger partial charge in [-0.2, -0.15) is 0 Å². The van der Waals surface area contributed by atoms with Crippen molar-refractivity contribution >= 4 is 6.03 Å². The van der Waals surface area contributed by atoms with Crippen molar-refractivity contribution in [1.82, 2.24) is 9.80 Å². The Morgan fingerprint density at radius 2 is 2.06 bits per heavy atom. The molecule has 0 radical (unpaired) electrons. The number of piperidine rings is 1. The van der Waals surface area contributed by atoms with Crippen LogP contribution >= 0.6 is 0 Å². The van der Waals surface area contributed by atoms with E-state index in [1.807, 2.05) is 0 Å². The van der Waals surface area contributed by atoms with E-state index >= 15 is 0 Å². The summed E-state index contributed by atoms with van der Waals surface area (Å²) in [4.78, 5) is 16.7. The fourth-order valence-corrected chi connectivity index (χ4v) is 2.71. The standard InChI is InChI=1S/C14H26N2O/c1-11(2)9-16(13-6-7-13)14(17)15-8-4-5-12(3)10-15/h11-13H,4-10H2,1-3H3. The normalized spacial score (nSPS) is 25.2. The van der Waals surface area contributed by atoms with Crippen molar-refractivity contribution in [3.8, 4) is 0 Å². The van der Waals surface area contributed by atoms with Gasteiger partial charge in [0.1, 0.15) is 0 Å². The Labute approximate surface area is 105 Å². The average Bonchev–Trinajstić information content (AvgIpc) is 3.08. The van der Waals surface area contributed by atoms with Crippen molar-refractivity contribution in [3.05, 3.63) is 0 Å². The largest absolute Gasteiger partial charge is 0.324 e. The third-order valence-electron chi connectivity index (χ3n) is 3.72. The minimum Gasteiger partial charge on any atom is -0.324 e. The van der Waals surface area contributed by atoms with Gasteiger partial charge in [0.15, 0.2) is 0 Å². The lowest BCUT2D eigenvalue weighted by molar-refractivity contribution is 0.124. The minimum absolute atomic E-state index is 0.299. The molecule has 1 saturated carbocycles. The lowest BCUT2D eigenvalue weighted by atomic mass is 10.0. The van der Waals surface area contributed by atoms with E-state index < -0.39 is 0 Å². The second-order valence-electron chi connectivity index (χ2n) is 6.25. The molecule has 2 fully saturated rings. The summed E-state index contributed by atoms with van der Waals surface area (Å²) in [6, 6.07) is 0.842. The predicted molar refractivity (Wildman–Crippen MR) is 69.9 cm³/mol. The Bertz CT molecular complexity index is 273. The molecule has 1 aliphatic carbocycles. The number of likely N-dealkylation sites (tertiary alicyclic amines) is 1. The van der Waals surface area contributed by atoms with Gasteiger partial charge in [-0.25, -0.2) is 4.79 Å². The summed E-state index contributed by atoms with van der Waals surface area (Å²) in [7, 11) is 0. The van der Waals surface area contributed by atoms with Gasteiger partial charge >= 0.3 is 6.03 Å². The van der Waals surface area contributed by atoms with E-state index in [9.17, 15) is 4.79 Å². The number of nitrogens with zero attached hydrogens (tertiary/aromatic N) is 2. The summed E-state index contributed by atoms with van der Waals surface area (Å²) in [5.74, 6) is 1.24. The van der Waals surface area contributed by atoms with E-state index in [0.717, 1.165) is 19.6 Å². The van der Waals surface area contributed by atoms with Gasteiger partial charge in [-0.3, -0.25) is 0 Å². The van der Waals surface area contributed by atoms with E-state index in [2.05, 4.69) is 30.6 Å². The number of carbonyl (C=O) groups excluding carboxylic acids is 1. The first-order valence-corrected chi connectivity index (χ1v) is 7.13. The second kappa shape index (κ2) is 5.28. The first-order valence-electron chi connectivity index (χ1n) is 7.13. The zero-order chi connectivity index (χ0) is 12.4. The van der Waals surface area contributed by atoms with Crippen LogP contribution in [0.25, 0.3) is 0 Å². The SMILES string of the molecule is CC(C)CN(C(=O)N1CCCC(C)C1)C1CC1. The maximum absolute atomic E-state index is 12.5. The summed E-state index contributed by atoms with van der Waals surface area (Å²) in [6.07, 6.45) is 4.87. The maximum atomic E-state index is 12.5. The number of amides is 2. The van der Waals surface area contributed by atoms with Crippen molar-refractivity contribution < 1.29 is 4.79 Å². The highest BCUT2D eigenvalue weighted by molar-refractivity contribution is 5.75. The monoisotopic (exact) mass is 238 g/mol. The molecule has 0 aromatic heterocycles. The highest BCUT2D eigenvalue weighted by atomic mass is 16.2. The van der Waals surface area contributed by atoms with Crippen LogP contribution in [0.2, 0.25) is 0 Å². The molecule has 0 bridgehead atoms. The molecule has 98 valence electrons. The number of hydrogen-bond donors (Lipinski definition) is 0. The van der Waals surface area contributed by atoms with Crippen molar-refractivity contribution in [2.75, 3.05) is 19.6 Å². The molecule has 1 unspecified atom stereocenters. The lowest BCUT2D eigenvalue weighted by Crippen LogP contribution is -2.49. The Balaban J connectivity index is 1.95. The van der Waals surface area contributed by atoms with Gasteiger partial charge in [0.25, 0.3) is 0 Å². The van der Waals surface area contributed by atoms with E-state index in [-0.39, 0.29) is 0 Å². The van der Waals surface area contributed by atoms with Gasteiger partial charge in [0.05, 0.1) is 0 Å². The molecule has 0 aromatic rings. The van der Waals surface area contributed by atoms with Crippen LogP contribution in [0.3, 0.4) is 0 Å². The number of urea groups is 1. The third kappa shape index (κ3) is 3.36. The average molecular weight is 238 g/mol. The highest BCUT2D eigenvalue weighted by Crippen LogP contribution is 2.29. The van der Waals surface area contributed by atoms with Crippen LogP contribution in [-0.4, -0.2) is 41.5 Å². The van der Waals surface area contributed by atoms with Crippen LogP contribution in [0.15, 0.2) is 0 Å². The first kappa shape index (κ1) is 12.7. The Morgan fingerprint density at radius 1 is 1.35 bits per heavy atom.